The molecule has 10 N–H and O–H groups in total. The van der Waals surface area contributed by atoms with Crippen molar-refractivity contribution in [1.29, 1.82) is 0 Å². The highest BCUT2D eigenvalue weighted by Crippen LogP contribution is 2.39. The minimum Gasteiger partial charge on any atom is -0.479 e. The maximum absolute atomic E-state index is 14.2. The Hall–Kier alpha value is -5.52. The van der Waals surface area contributed by atoms with Gasteiger partial charge < -0.3 is 89.5 Å². The van der Waals surface area contributed by atoms with Crippen LogP contribution in [0, 0.1) is 17.8 Å². The number of carboxylic acids is 1. The van der Waals surface area contributed by atoms with E-state index in [4.69, 9.17) is 43.6 Å². The Bertz CT molecular complexity index is 2670. The monoisotopic (exact) mass is 1170 g/mol. The molecule has 0 radical (unpaired) electrons. The lowest BCUT2D eigenvalue weighted by atomic mass is 9.77. The highest BCUT2D eigenvalue weighted by molar-refractivity contribution is 5.94. The lowest BCUT2D eigenvalue weighted by Crippen LogP contribution is -2.64. The molecule has 0 bridgehead atoms. The van der Waals surface area contributed by atoms with Gasteiger partial charge in [0.2, 0.25) is 11.8 Å². The molecule has 4 heterocycles. The zero-order chi connectivity index (χ0) is 59.0. The highest BCUT2D eigenvalue weighted by atomic mass is 16.7. The van der Waals surface area contributed by atoms with Crippen molar-refractivity contribution in [3.63, 3.8) is 0 Å². The number of nitrogens with one attached hydrogen (secondary N) is 2. The van der Waals surface area contributed by atoms with Gasteiger partial charge in [0, 0.05) is 61.1 Å². The highest BCUT2D eigenvalue weighted by Gasteiger charge is 2.54. The fourth-order valence-electron chi connectivity index (χ4n) is 11.5. The van der Waals surface area contributed by atoms with Crippen LogP contribution in [0.1, 0.15) is 94.1 Å². The number of aliphatic hydroxyl groups excluding tert-OH is 5. The maximum atomic E-state index is 14.2. The van der Waals surface area contributed by atoms with Gasteiger partial charge in [-0.25, -0.2) is 9.59 Å². The summed E-state index contributed by atoms with van der Waals surface area (Å²) in [6, 6.07) is 15.7. The van der Waals surface area contributed by atoms with Crippen LogP contribution in [0.2, 0.25) is 0 Å². The second-order valence-corrected chi connectivity index (χ2v) is 22.2. The van der Waals surface area contributed by atoms with Crippen LogP contribution >= 0.6 is 0 Å². The number of hydrogen-bond donors (Lipinski definition) is 9. The number of esters is 1. The average molecular weight is 1170 g/mol. The van der Waals surface area contributed by atoms with Crippen LogP contribution in [-0.2, 0) is 71.8 Å². The first-order valence-corrected chi connectivity index (χ1v) is 29.1. The number of hydrogen-bond acceptors (Lipinski definition) is 20. The van der Waals surface area contributed by atoms with Crippen molar-refractivity contribution in [3.8, 4) is 0 Å². The summed E-state index contributed by atoms with van der Waals surface area (Å²) in [5.41, 5.74) is 7.96. The van der Waals surface area contributed by atoms with Gasteiger partial charge in [0.25, 0.3) is 0 Å². The van der Waals surface area contributed by atoms with Gasteiger partial charge >= 0.3 is 11.9 Å². The molecule has 25 heteroatoms. The first kappa shape index (κ1) is 63.5. The molecule has 4 aromatic rings. The van der Waals surface area contributed by atoms with Crippen LogP contribution in [0.5, 0.6) is 0 Å². The van der Waals surface area contributed by atoms with Crippen LogP contribution < -0.4 is 16.4 Å². The third-order valence-electron chi connectivity index (χ3n) is 16.0. The zero-order valence-electron chi connectivity index (χ0n) is 47.2. The topological polar surface area (TPSA) is 349 Å². The standard InChI is InChI=1S/C58H83N7O18/c1-34-27-39(54(72)60-20-9-15-41-31-65(63-62-41)22-10-21-64-23-18-38-29-40(16-17-42(38)64)61-46(67)33-77-26-25-76-24-19-59)30-43(51(34)83-57-50(71)49(70)47(68)35(2)78-57)80-58-53(82-56(75)37-13-7-4-8-14-37)52(48(69)45(32-66)81-58)79-44(55(73)74)28-36-11-5-3-6-12-36/h4,7-8,13-14,16-18,23,29,31,34-36,39,43-45,47-53,57-58,66,68-71H,3,5-6,9-12,15,19-22,24-28,30,32-33,59H2,1-2H3,(H,60,72)(H,61,67)(H,73,74). The minimum absolute atomic E-state index is 0.0277. The fourth-order valence-corrected chi connectivity index (χ4v) is 11.5. The van der Waals surface area contributed by atoms with E-state index in [2.05, 4.69) is 25.5 Å². The van der Waals surface area contributed by atoms with Gasteiger partial charge in [0.15, 0.2) is 24.8 Å². The molecule has 4 aliphatic rings. The number of anilines is 1. The number of carbonyl (C=O) groups is 4. The Morgan fingerprint density at radius 3 is 2.37 bits per heavy atom. The molecule has 15 unspecified atom stereocenters. The van der Waals surface area contributed by atoms with Crippen molar-refractivity contribution in [2.75, 3.05) is 51.4 Å². The number of aryl methyl sites for hydroxylation is 3. The first-order valence-electron chi connectivity index (χ1n) is 29.1. The third kappa shape index (κ3) is 17.3. The molecule has 458 valence electrons. The van der Waals surface area contributed by atoms with Crippen molar-refractivity contribution in [2.24, 2.45) is 23.5 Å². The van der Waals surface area contributed by atoms with Crippen molar-refractivity contribution >= 4 is 40.3 Å². The zero-order valence-corrected chi connectivity index (χ0v) is 47.2. The molecule has 2 aliphatic carbocycles. The number of aliphatic carboxylic acids is 1. The summed E-state index contributed by atoms with van der Waals surface area (Å²) in [5.74, 6) is -3.91. The van der Waals surface area contributed by atoms with E-state index in [-0.39, 0.29) is 55.7 Å². The van der Waals surface area contributed by atoms with Crippen molar-refractivity contribution in [3.05, 3.63) is 78.2 Å². The Balaban J connectivity index is 0.899. The summed E-state index contributed by atoms with van der Waals surface area (Å²) < 4.78 is 52.1. The second-order valence-electron chi connectivity index (χ2n) is 22.2. The summed E-state index contributed by atoms with van der Waals surface area (Å²) in [6.45, 7) is 5.59. The van der Waals surface area contributed by atoms with Gasteiger partial charge in [-0.2, -0.15) is 0 Å². The number of carboxylic acid groups (broad SMARTS) is 1. The van der Waals surface area contributed by atoms with Crippen LogP contribution in [-0.4, -0.2) is 200 Å². The number of nitrogens with zero attached hydrogens (tertiary/aromatic N) is 4. The maximum Gasteiger partial charge on any atom is 0.338 e. The molecule has 2 aromatic carbocycles. The van der Waals surface area contributed by atoms with E-state index in [9.17, 15) is 49.8 Å². The molecule has 2 amide bonds. The van der Waals surface area contributed by atoms with Crippen LogP contribution in [0.25, 0.3) is 10.9 Å². The third-order valence-corrected chi connectivity index (χ3v) is 16.0. The number of amides is 2. The normalized spacial score (nSPS) is 29.1. The number of aliphatic hydroxyl groups is 5. The molecule has 4 fully saturated rings. The summed E-state index contributed by atoms with van der Waals surface area (Å²) >= 11 is 0. The number of aromatic nitrogens is 4. The average Bonchev–Trinajstić information content (AvgIpc) is 4.32. The van der Waals surface area contributed by atoms with Crippen LogP contribution in [0.4, 0.5) is 5.69 Å². The van der Waals surface area contributed by atoms with Gasteiger partial charge in [0.1, 0.15) is 43.2 Å². The van der Waals surface area contributed by atoms with E-state index in [1.807, 2.05) is 36.7 Å². The molecule has 15 atom stereocenters. The summed E-state index contributed by atoms with van der Waals surface area (Å²) in [6.07, 6.45) is -8.23. The SMILES string of the molecule is CC1CC(C(=O)NCCCc2cn(CCCn3ccc4cc(NC(=O)COCCOCCN)ccc43)nn2)CC(OC2OC(CO)C(O)C(OC(CC3CCCCC3)C(=O)O)C2OC(=O)c2ccccc2)C1OC1OC(C)C(O)C(O)C1O. The van der Waals surface area contributed by atoms with Crippen LogP contribution in [0.3, 0.4) is 0 Å². The first-order chi connectivity index (χ1) is 40.1. The smallest absolute Gasteiger partial charge is 0.338 e. The van der Waals surface area contributed by atoms with Crippen molar-refractivity contribution in [1.82, 2.24) is 24.9 Å². The van der Waals surface area contributed by atoms with E-state index < -0.39 is 110 Å². The van der Waals surface area contributed by atoms with E-state index in [1.165, 1.54) is 19.1 Å². The number of benzene rings is 2. The molecule has 8 rings (SSSR count). The van der Waals surface area contributed by atoms with Gasteiger partial charge in [-0.3, -0.25) is 14.3 Å². The molecular formula is C58H83N7O18. The Kier molecular flexibility index (Phi) is 23.7. The van der Waals surface area contributed by atoms with Crippen LogP contribution in [0.15, 0.2) is 67.0 Å². The quantitative estimate of drug-likeness (QED) is 0.0277. The van der Waals surface area contributed by atoms with E-state index in [0.717, 1.165) is 55.1 Å². The Morgan fingerprint density at radius 2 is 1.61 bits per heavy atom. The lowest BCUT2D eigenvalue weighted by Gasteiger charge is -2.48. The van der Waals surface area contributed by atoms with Crippen molar-refractivity contribution in [2.45, 2.75) is 177 Å². The predicted molar refractivity (Wildman–Crippen MR) is 296 cm³/mol. The number of carbonyl (C=O) groups excluding carboxylic acids is 3. The van der Waals surface area contributed by atoms with E-state index in [0.29, 0.717) is 58.0 Å². The number of nitrogens with two attached hydrogens (primary N) is 1. The largest absolute Gasteiger partial charge is 0.479 e. The van der Waals surface area contributed by atoms with Gasteiger partial charge in [-0.15, -0.1) is 5.10 Å². The Morgan fingerprint density at radius 1 is 0.831 bits per heavy atom. The fraction of sp³-hybridized carbons (Fsp3) is 0.655. The second kappa shape index (κ2) is 31.0. The molecular weight excluding hydrogens is 1080 g/mol. The summed E-state index contributed by atoms with van der Waals surface area (Å²) in [4.78, 5) is 53.3. The number of fused-ring (bicyclic) bond motifs is 1. The van der Waals surface area contributed by atoms with Crippen molar-refractivity contribution < 1.29 is 87.7 Å². The summed E-state index contributed by atoms with van der Waals surface area (Å²) in [7, 11) is 0. The number of ether oxygens (including phenoxy) is 8. The lowest BCUT2D eigenvalue weighted by molar-refractivity contribution is -0.349. The van der Waals surface area contributed by atoms with E-state index >= 15 is 0 Å². The van der Waals surface area contributed by atoms with E-state index in [1.54, 1.807) is 29.8 Å². The summed E-state index contributed by atoms with van der Waals surface area (Å²) in [5, 5.41) is 80.7. The molecule has 2 saturated carbocycles. The Labute approximate surface area is 482 Å². The molecule has 0 spiro atoms. The van der Waals surface area contributed by atoms with Gasteiger partial charge in [0.05, 0.1) is 56.0 Å². The molecule has 25 nitrogen and oxygen atoms in total. The molecule has 2 aromatic heterocycles. The molecule has 83 heavy (non-hydrogen) atoms. The predicted octanol–water partition coefficient (Wildman–Crippen LogP) is 2.06. The molecule has 2 saturated heterocycles. The molecule has 2 aliphatic heterocycles. The van der Waals surface area contributed by atoms with Gasteiger partial charge in [-0.1, -0.05) is 62.4 Å². The van der Waals surface area contributed by atoms with Gasteiger partial charge in [-0.05, 0) is 93.7 Å². The number of rotatable bonds is 29. The minimum atomic E-state index is -1.70.